The first-order chi connectivity index (χ1) is 12.1. The van der Waals surface area contributed by atoms with E-state index >= 15 is 0 Å². The molecule has 1 saturated carbocycles. The molecule has 0 saturated heterocycles. The number of methoxy groups -OCH3 is 3. The molecule has 2 bridgehead atoms. The molecule has 0 radical (unpaired) electrons. The zero-order valence-electron chi connectivity index (χ0n) is 14.6. The fraction of sp³-hybridized carbons (Fsp3) is 0.474. The number of rotatable bonds is 6. The van der Waals surface area contributed by atoms with Gasteiger partial charge < -0.3 is 18.9 Å². The smallest absolute Gasteiger partial charge is 0.333 e. The number of ketones is 1. The molecule has 0 aromatic heterocycles. The maximum atomic E-state index is 12.9. The van der Waals surface area contributed by atoms with Crippen molar-refractivity contribution in [1.82, 2.24) is 0 Å². The summed E-state index contributed by atoms with van der Waals surface area (Å²) in [6.45, 7) is 0.399. The lowest BCUT2D eigenvalue weighted by Gasteiger charge is -2.49. The summed E-state index contributed by atoms with van der Waals surface area (Å²) in [5.41, 5.74) is 1.44. The lowest BCUT2D eigenvalue weighted by molar-refractivity contribution is -0.248. The molecule has 3 aliphatic rings. The first-order valence-electron chi connectivity index (χ1n) is 8.17. The molecule has 0 amide bonds. The van der Waals surface area contributed by atoms with Crippen molar-refractivity contribution in [2.24, 2.45) is 11.8 Å². The number of hydrogen-bond acceptors (Lipinski definition) is 6. The van der Waals surface area contributed by atoms with Crippen molar-refractivity contribution < 1.29 is 28.5 Å². The van der Waals surface area contributed by atoms with Crippen molar-refractivity contribution in [3.63, 3.8) is 0 Å². The van der Waals surface area contributed by atoms with E-state index in [2.05, 4.69) is 0 Å². The first-order valence-corrected chi connectivity index (χ1v) is 8.17. The Morgan fingerprint density at radius 3 is 2.44 bits per heavy atom. The summed E-state index contributed by atoms with van der Waals surface area (Å²) in [4.78, 5) is 25.0. The van der Waals surface area contributed by atoms with Crippen molar-refractivity contribution in [2.45, 2.75) is 24.9 Å². The van der Waals surface area contributed by atoms with Crippen LogP contribution < -0.4 is 0 Å². The molecule has 6 heteroatoms. The van der Waals surface area contributed by atoms with Crippen LogP contribution in [0.15, 0.2) is 42.0 Å². The van der Waals surface area contributed by atoms with Crippen LogP contribution in [0.5, 0.6) is 0 Å². The molecule has 0 spiro atoms. The van der Waals surface area contributed by atoms with E-state index < -0.39 is 23.6 Å². The molecular weight excluding hydrogens is 324 g/mol. The highest BCUT2D eigenvalue weighted by molar-refractivity contribution is 6.00. The average Bonchev–Trinajstić information content (AvgIpc) is 2.67. The Kier molecular flexibility index (Phi) is 5.03. The Morgan fingerprint density at radius 1 is 1.16 bits per heavy atom. The lowest BCUT2D eigenvalue weighted by atomic mass is 9.65. The van der Waals surface area contributed by atoms with Gasteiger partial charge in [-0.2, -0.15) is 0 Å². The van der Waals surface area contributed by atoms with E-state index in [-0.39, 0.29) is 11.9 Å². The molecule has 0 aliphatic heterocycles. The quantitative estimate of drug-likeness (QED) is 0.579. The molecule has 1 aromatic rings. The second-order valence-corrected chi connectivity index (χ2v) is 6.20. The molecule has 4 rings (SSSR count). The van der Waals surface area contributed by atoms with Gasteiger partial charge >= 0.3 is 5.97 Å². The highest BCUT2D eigenvalue weighted by atomic mass is 16.7. The maximum Gasteiger partial charge on any atom is 0.333 e. The summed E-state index contributed by atoms with van der Waals surface area (Å²) in [5.74, 6) is -3.33. The Labute approximate surface area is 146 Å². The first kappa shape index (κ1) is 17.8. The lowest BCUT2D eigenvalue weighted by Crippen LogP contribution is -2.63. The van der Waals surface area contributed by atoms with Gasteiger partial charge in [0.15, 0.2) is 0 Å². The third kappa shape index (κ3) is 2.90. The van der Waals surface area contributed by atoms with E-state index in [0.29, 0.717) is 18.6 Å². The van der Waals surface area contributed by atoms with E-state index in [0.717, 1.165) is 5.56 Å². The van der Waals surface area contributed by atoms with Gasteiger partial charge in [-0.25, -0.2) is 4.79 Å². The van der Waals surface area contributed by atoms with Gasteiger partial charge in [-0.1, -0.05) is 36.4 Å². The van der Waals surface area contributed by atoms with E-state index in [4.69, 9.17) is 18.9 Å². The Morgan fingerprint density at radius 2 is 1.84 bits per heavy atom. The normalized spacial score (nSPS) is 27.1. The Bertz CT molecular complexity index is 676. The summed E-state index contributed by atoms with van der Waals surface area (Å²) in [7, 11) is 4.14. The van der Waals surface area contributed by atoms with Gasteiger partial charge in [0.1, 0.15) is 0 Å². The highest BCUT2D eigenvalue weighted by Crippen LogP contribution is 2.48. The van der Waals surface area contributed by atoms with Gasteiger partial charge in [-0.3, -0.25) is 4.79 Å². The number of esters is 1. The minimum absolute atomic E-state index is 0.223. The Balaban J connectivity index is 1.86. The van der Waals surface area contributed by atoms with Crippen molar-refractivity contribution in [2.75, 3.05) is 21.3 Å². The van der Waals surface area contributed by atoms with Crippen LogP contribution in [0.2, 0.25) is 0 Å². The number of carbonyl (C=O) groups is 2. The molecule has 134 valence electrons. The molecule has 0 heterocycles. The third-order valence-electron chi connectivity index (χ3n) is 5.04. The summed E-state index contributed by atoms with van der Waals surface area (Å²) >= 11 is 0. The van der Waals surface area contributed by atoms with Crippen LogP contribution in [-0.4, -0.2) is 45.0 Å². The molecule has 3 atom stereocenters. The van der Waals surface area contributed by atoms with Crippen molar-refractivity contribution >= 4 is 11.8 Å². The number of carbonyl (C=O) groups excluding carboxylic acids is 2. The monoisotopic (exact) mass is 346 g/mol. The van der Waals surface area contributed by atoms with Crippen LogP contribution in [0.25, 0.3) is 0 Å². The second kappa shape index (κ2) is 7.07. The van der Waals surface area contributed by atoms with Gasteiger partial charge in [0.05, 0.1) is 31.7 Å². The molecule has 1 fully saturated rings. The van der Waals surface area contributed by atoms with Crippen LogP contribution in [0, 0.1) is 11.8 Å². The SMILES string of the molecule is COC(=O)C1=C[C@H]2C(=O)C(OC)(OC)[C@@H]1C[C@H]2OCc1ccccc1. The number of Topliss-reactive ketones (excluding diaryl/α,β-unsaturated/α-hetero) is 1. The van der Waals surface area contributed by atoms with Gasteiger partial charge in [0.25, 0.3) is 0 Å². The fourth-order valence-corrected chi connectivity index (χ4v) is 3.78. The standard InChI is InChI=1S/C19H22O6/c1-22-18(21)13-9-14-16(25-11-12-7-5-4-6-8-12)10-15(13)19(23-2,24-3)17(14)20/h4-9,14-16H,10-11H2,1-3H3/t14-,15-,16-/m1/s1. The van der Waals surface area contributed by atoms with Crippen LogP contribution in [0.3, 0.4) is 0 Å². The second-order valence-electron chi connectivity index (χ2n) is 6.20. The number of benzene rings is 1. The molecule has 1 aromatic carbocycles. The van der Waals surface area contributed by atoms with Gasteiger partial charge in [0.2, 0.25) is 11.6 Å². The summed E-state index contributed by atoms with van der Waals surface area (Å²) in [6.07, 6.45) is 1.77. The van der Waals surface area contributed by atoms with E-state index in [1.165, 1.54) is 21.3 Å². The third-order valence-corrected chi connectivity index (χ3v) is 5.04. The molecule has 25 heavy (non-hydrogen) atoms. The fourth-order valence-electron chi connectivity index (χ4n) is 3.78. The van der Waals surface area contributed by atoms with Crippen LogP contribution in [0.1, 0.15) is 12.0 Å². The zero-order chi connectivity index (χ0) is 18.0. The van der Waals surface area contributed by atoms with E-state index in [9.17, 15) is 9.59 Å². The van der Waals surface area contributed by atoms with Crippen molar-refractivity contribution in [3.05, 3.63) is 47.5 Å². The van der Waals surface area contributed by atoms with Gasteiger partial charge in [-0.05, 0) is 12.0 Å². The average molecular weight is 346 g/mol. The highest BCUT2D eigenvalue weighted by Gasteiger charge is 2.61. The van der Waals surface area contributed by atoms with Crippen molar-refractivity contribution in [3.8, 4) is 0 Å². The van der Waals surface area contributed by atoms with Gasteiger partial charge in [-0.15, -0.1) is 0 Å². The molecule has 0 unspecified atom stereocenters. The van der Waals surface area contributed by atoms with Gasteiger partial charge in [0, 0.05) is 19.8 Å². The predicted molar refractivity (Wildman–Crippen MR) is 88.5 cm³/mol. The molecule has 6 nitrogen and oxygen atoms in total. The van der Waals surface area contributed by atoms with E-state index in [1.807, 2.05) is 30.3 Å². The molecule has 3 aliphatic carbocycles. The van der Waals surface area contributed by atoms with Crippen LogP contribution in [-0.2, 0) is 35.1 Å². The van der Waals surface area contributed by atoms with Crippen molar-refractivity contribution in [1.29, 1.82) is 0 Å². The number of ether oxygens (including phenoxy) is 4. The summed E-state index contributed by atoms with van der Waals surface area (Å²) < 4.78 is 21.7. The zero-order valence-corrected chi connectivity index (χ0v) is 14.6. The Hall–Kier alpha value is -2.02. The maximum absolute atomic E-state index is 12.9. The predicted octanol–water partition coefficient (Wildman–Crippen LogP) is 1.88. The topological polar surface area (TPSA) is 71.1 Å². The largest absolute Gasteiger partial charge is 0.466 e. The summed E-state index contributed by atoms with van der Waals surface area (Å²) in [6, 6.07) is 9.74. The molecule has 0 N–H and O–H groups in total. The minimum atomic E-state index is -1.46. The molecular formula is C19H22O6. The number of hydrogen-bond donors (Lipinski definition) is 0. The number of fused-ring (bicyclic) bond motifs is 2. The van der Waals surface area contributed by atoms with Crippen LogP contribution >= 0.6 is 0 Å². The van der Waals surface area contributed by atoms with E-state index in [1.54, 1.807) is 6.08 Å². The summed E-state index contributed by atoms with van der Waals surface area (Å²) in [5, 5.41) is 0. The van der Waals surface area contributed by atoms with Crippen LogP contribution in [0.4, 0.5) is 0 Å². The minimum Gasteiger partial charge on any atom is -0.466 e.